The Kier molecular flexibility index (Phi) is 5.27. The third kappa shape index (κ3) is 3.79. The first-order chi connectivity index (χ1) is 14.4. The van der Waals surface area contributed by atoms with Gasteiger partial charge in [0.15, 0.2) is 5.78 Å². The zero-order valence-electron chi connectivity index (χ0n) is 16.9. The van der Waals surface area contributed by atoms with Crippen LogP contribution >= 0.6 is 11.3 Å². The van der Waals surface area contributed by atoms with Crippen LogP contribution in [-0.4, -0.2) is 16.9 Å². The van der Waals surface area contributed by atoms with Crippen LogP contribution in [0.3, 0.4) is 0 Å². The number of rotatable bonds is 5. The third-order valence-corrected chi connectivity index (χ3v) is 6.44. The van der Waals surface area contributed by atoms with E-state index in [0.29, 0.717) is 11.1 Å². The van der Waals surface area contributed by atoms with Crippen LogP contribution in [0.2, 0.25) is 0 Å². The van der Waals surface area contributed by atoms with Crippen LogP contribution in [0.4, 0.5) is 0 Å². The Morgan fingerprint density at radius 1 is 1.07 bits per heavy atom. The van der Waals surface area contributed by atoms with E-state index in [-0.39, 0.29) is 16.8 Å². The van der Waals surface area contributed by atoms with Crippen molar-refractivity contribution >= 4 is 34.7 Å². The van der Waals surface area contributed by atoms with Crippen LogP contribution in [0.25, 0.3) is 11.6 Å². The highest BCUT2D eigenvalue weighted by atomic mass is 32.1. The number of hydrogen-bond donors (Lipinski definition) is 1. The number of benzene rings is 2. The maximum atomic E-state index is 12.9. The Bertz CT molecular complexity index is 1180. The molecule has 0 fully saturated rings. The molecule has 3 aromatic rings. The fraction of sp³-hybridized carbons (Fsp3) is 0.154. The highest BCUT2D eigenvalue weighted by Gasteiger charge is 2.29. The minimum Gasteiger partial charge on any atom is -0.478 e. The molecule has 1 N–H and O–H groups in total. The molecule has 30 heavy (non-hydrogen) atoms. The van der Waals surface area contributed by atoms with Gasteiger partial charge in [-0.15, -0.1) is 11.3 Å². The number of allylic oxidation sites excluding steroid dienone is 2. The number of aromatic carboxylic acids is 1. The predicted octanol–water partition coefficient (Wildman–Crippen LogP) is 6.46. The lowest BCUT2D eigenvalue weighted by Gasteiger charge is -2.32. The molecule has 1 aromatic heterocycles. The number of carbonyl (C=O) groups is 2. The lowest BCUT2D eigenvalue weighted by molar-refractivity contribution is 0.0696. The summed E-state index contributed by atoms with van der Waals surface area (Å²) in [5.41, 5.74) is 4.80. The molecule has 150 valence electrons. The minimum absolute atomic E-state index is 0.0635. The molecule has 0 bridgehead atoms. The first kappa shape index (κ1) is 20.0. The van der Waals surface area contributed by atoms with Crippen LogP contribution in [-0.2, 0) is 5.41 Å². The van der Waals surface area contributed by atoms with Gasteiger partial charge in [0.1, 0.15) is 0 Å². The van der Waals surface area contributed by atoms with Crippen molar-refractivity contribution in [2.75, 3.05) is 0 Å². The summed E-state index contributed by atoms with van der Waals surface area (Å²) in [4.78, 5) is 25.5. The predicted molar refractivity (Wildman–Crippen MR) is 122 cm³/mol. The number of carbonyl (C=O) groups excluding carboxylic acids is 1. The highest BCUT2D eigenvalue weighted by Crippen LogP contribution is 2.42. The summed E-state index contributed by atoms with van der Waals surface area (Å²) in [6.07, 6.45) is 6.23. The lowest BCUT2D eigenvalue weighted by Crippen LogP contribution is -2.22. The number of ketones is 1. The second-order valence-electron chi connectivity index (χ2n) is 8.03. The van der Waals surface area contributed by atoms with E-state index in [9.17, 15) is 14.7 Å². The summed E-state index contributed by atoms with van der Waals surface area (Å²) < 4.78 is 0. The van der Waals surface area contributed by atoms with Crippen molar-refractivity contribution in [1.29, 1.82) is 0 Å². The van der Waals surface area contributed by atoms with Gasteiger partial charge in [-0.2, -0.15) is 0 Å². The van der Waals surface area contributed by atoms with Gasteiger partial charge in [0.25, 0.3) is 0 Å². The molecule has 0 saturated heterocycles. The van der Waals surface area contributed by atoms with E-state index in [1.807, 2.05) is 18.2 Å². The Labute approximate surface area is 180 Å². The topological polar surface area (TPSA) is 54.4 Å². The number of hydrogen-bond acceptors (Lipinski definition) is 3. The molecule has 2 aromatic carbocycles. The Balaban J connectivity index is 1.68. The van der Waals surface area contributed by atoms with E-state index >= 15 is 0 Å². The zero-order valence-corrected chi connectivity index (χ0v) is 17.7. The van der Waals surface area contributed by atoms with E-state index in [1.165, 1.54) is 33.7 Å². The molecule has 0 atom stereocenters. The van der Waals surface area contributed by atoms with E-state index in [4.69, 9.17) is 0 Å². The monoisotopic (exact) mass is 414 g/mol. The van der Waals surface area contributed by atoms with Crippen molar-refractivity contribution in [3.05, 3.63) is 105 Å². The summed E-state index contributed by atoms with van der Waals surface area (Å²) in [5, 5.41) is 11.4. The molecule has 0 radical (unpaired) electrons. The van der Waals surface area contributed by atoms with E-state index in [1.54, 1.807) is 35.6 Å². The molecule has 0 saturated carbocycles. The van der Waals surface area contributed by atoms with Crippen molar-refractivity contribution in [3.8, 4) is 0 Å². The van der Waals surface area contributed by atoms with Crippen molar-refractivity contribution in [1.82, 2.24) is 0 Å². The van der Waals surface area contributed by atoms with E-state index < -0.39 is 5.97 Å². The van der Waals surface area contributed by atoms with Gasteiger partial charge in [0.2, 0.25) is 0 Å². The molecule has 0 aliphatic heterocycles. The molecule has 4 rings (SSSR count). The van der Waals surface area contributed by atoms with Gasteiger partial charge in [-0.1, -0.05) is 62.4 Å². The zero-order chi connectivity index (χ0) is 21.3. The maximum Gasteiger partial charge on any atom is 0.336 e. The fourth-order valence-electron chi connectivity index (χ4n) is 3.83. The standard InChI is InChI=1S/C26H22O3S/c1-26(2)14-13-21(24-8-5-15-30-24)20-11-9-18(16-22(20)26)23(27)12-10-17-6-3-4-7-19(17)25(28)29/h3-13,15-16H,14H2,1-2H3,(H,28,29). The van der Waals surface area contributed by atoms with Crippen LogP contribution in [0.1, 0.15) is 62.6 Å². The van der Waals surface area contributed by atoms with Gasteiger partial charge in [-0.05, 0) is 63.8 Å². The summed E-state index contributed by atoms with van der Waals surface area (Å²) in [7, 11) is 0. The maximum absolute atomic E-state index is 12.9. The molecule has 1 aliphatic rings. The average Bonchev–Trinajstić information content (AvgIpc) is 3.26. The van der Waals surface area contributed by atoms with Crippen molar-refractivity contribution in [2.24, 2.45) is 0 Å². The van der Waals surface area contributed by atoms with Crippen molar-refractivity contribution < 1.29 is 14.7 Å². The van der Waals surface area contributed by atoms with Crippen molar-refractivity contribution in [3.63, 3.8) is 0 Å². The number of carboxylic acids is 1. The number of fused-ring (bicyclic) bond motifs is 1. The lowest BCUT2D eigenvalue weighted by atomic mass is 9.72. The molecular weight excluding hydrogens is 392 g/mol. The second kappa shape index (κ2) is 7.88. The van der Waals surface area contributed by atoms with E-state index in [2.05, 4.69) is 37.4 Å². The van der Waals surface area contributed by atoms with Gasteiger partial charge < -0.3 is 5.11 Å². The normalized spacial score (nSPS) is 14.9. The van der Waals surface area contributed by atoms with Gasteiger partial charge in [0.05, 0.1) is 5.56 Å². The third-order valence-electron chi connectivity index (χ3n) is 5.53. The largest absolute Gasteiger partial charge is 0.478 e. The molecular formula is C26H22O3S. The van der Waals surface area contributed by atoms with Crippen LogP contribution in [0.15, 0.2) is 72.1 Å². The smallest absolute Gasteiger partial charge is 0.336 e. The number of thiophene rings is 1. The number of carboxylic acid groups (broad SMARTS) is 1. The molecule has 0 spiro atoms. The average molecular weight is 415 g/mol. The van der Waals surface area contributed by atoms with Gasteiger partial charge in [0, 0.05) is 10.4 Å². The Morgan fingerprint density at radius 2 is 1.87 bits per heavy atom. The van der Waals surface area contributed by atoms with Gasteiger partial charge in [-0.25, -0.2) is 4.79 Å². The molecule has 0 unspecified atom stereocenters. The highest BCUT2D eigenvalue weighted by molar-refractivity contribution is 7.11. The Hall–Kier alpha value is -3.24. The van der Waals surface area contributed by atoms with Crippen LogP contribution < -0.4 is 0 Å². The van der Waals surface area contributed by atoms with Crippen molar-refractivity contribution in [2.45, 2.75) is 25.7 Å². The summed E-state index contributed by atoms with van der Waals surface area (Å²) >= 11 is 1.72. The summed E-state index contributed by atoms with van der Waals surface area (Å²) in [6.45, 7) is 4.39. The van der Waals surface area contributed by atoms with Gasteiger partial charge in [-0.3, -0.25) is 4.79 Å². The second-order valence-corrected chi connectivity index (χ2v) is 8.98. The minimum atomic E-state index is -1.01. The quantitative estimate of drug-likeness (QED) is 0.385. The first-order valence-corrected chi connectivity index (χ1v) is 10.7. The molecule has 1 heterocycles. The molecule has 3 nitrogen and oxygen atoms in total. The van der Waals surface area contributed by atoms with Gasteiger partial charge >= 0.3 is 5.97 Å². The molecule has 4 heteroatoms. The fourth-order valence-corrected chi connectivity index (χ4v) is 4.61. The molecule has 0 amide bonds. The summed E-state index contributed by atoms with van der Waals surface area (Å²) in [5.74, 6) is -1.15. The Morgan fingerprint density at radius 3 is 2.60 bits per heavy atom. The van der Waals surface area contributed by atoms with Crippen LogP contribution in [0.5, 0.6) is 0 Å². The SMILES string of the molecule is CC1(C)CC=C(c2cccs2)c2ccc(C(=O)C=Cc3ccccc3C(=O)O)cc21. The van der Waals surface area contributed by atoms with Crippen LogP contribution in [0, 0.1) is 0 Å². The summed E-state index contributed by atoms with van der Waals surface area (Å²) in [6, 6.07) is 16.7. The molecule has 1 aliphatic carbocycles. The first-order valence-electron chi connectivity index (χ1n) is 9.80. The van der Waals surface area contributed by atoms with E-state index in [0.717, 1.165) is 6.42 Å².